The van der Waals surface area contributed by atoms with E-state index in [0.717, 1.165) is 17.0 Å². The molecule has 6 rings (SSSR count). The molecule has 0 N–H and O–H groups in total. The largest absolute Gasteiger partial charge is 0.294 e. The quantitative estimate of drug-likeness (QED) is 0.262. The number of aromatic nitrogens is 3. The second kappa shape index (κ2) is 8.46. The number of hydrogen-bond acceptors (Lipinski definition) is 2. The van der Waals surface area contributed by atoms with Crippen molar-refractivity contribution in [3.8, 4) is 16.9 Å². The topological polar surface area (TPSA) is 30.7 Å². The van der Waals surface area contributed by atoms with Crippen LogP contribution in [0.1, 0.15) is 36.2 Å². The zero-order valence-electron chi connectivity index (χ0n) is 21.2. The molecule has 0 aliphatic carbocycles. The first-order valence-electron chi connectivity index (χ1n) is 12.4. The van der Waals surface area contributed by atoms with E-state index in [9.17, 15) is 0 Å². The van der Waals surface area contributed by atoms with Gasteiger partial charge in [0.1, 0.15) is 5.82 Å². The average molecular weight is 468 g/mol. The van der Waals surface area contributed by atoms with Gasteiger partial charge in [-0.05, 0) is 72.0 Å². The van der Waals surface area contributed by atoms with E-state index in [1.54, 1.807) is 0 Å². The molecule has 0 aliphatic rings. The average Bonchev–Trinajstić information content (AvgIpc) is 3.23. The van der Waals surface area contributed by atoms with Crippen LogP contribution in [0, 0.1) is 13.8 Å². The SMILES string of the molecule is Cc1ccc(C(C)(C)c2cccc(-c3ccc4c5ccccc5n(-c5cc(C)ccn5)c4c3)c2)nc1. The van der Waals surface area contributed by atoms with Gasteiger partial charge in [0.15, 0.2) is 0 Å². The van der Waals surface area contributed by atoms with Crippen LogP contribution in [-0.4, -0.2) is 14.5 Å². The molecule has 0 amide bonds. The molecule has 3 heterocycles. The van der Waals surface area contributed by atoms with Crippen molar-refractivity contribution in [2.75, 3.05) is 0 Å². The number of aryl methyl sites for hydroxylation is 2. The number of hydrogen-bond donors (Lipinski definition) is 0. The van der Waals surface area contributed by atoms with Gasteiger partial charge in [-0.25, -0.2) is 4.98 Å². The highest BCUT2D eigenvalue weighted by atomic mass is 15.1. The number of rotatable bonds is 4. The van der Waals surface area contributed by atoms with Crippen LogP contribution in [0.15, 0.2) is 103 Å². The van der Waals surface area contributed by atoms with E-state index in [0.29, 0.717) is 0 Å². The van der Waals surface area contributed by atoms with Crippen molar-refractivity contribution in [2.45, 2.75) is 33.1 Å². The molecule has 3 heteroatoms. The Morgan fingerprint density at radius 3 is 2.25 bits per heavy atom. The summed E-state index contributed by atoms with van der Waals surface area (Å²) >= 11 is 0. The van der Waals surface area contributed by atoms with Crippen LogP contribution in [0.3, 0.4) is 0 Å². The van der Waals surface area contributed by atoms with Crippen LogP contribution in [-0.2, 0) is 5.41 Å². The smallest absolute Gasteiger partial charge is 0.137 e. The van der Waals surface area contributed by atoms with Gasteiger partial charge in [-0.2, -0.15) is 0 Å². The summed E-state index contributed by atoms with van der Waals surface area (Å²) in [6.07, 6.45) is 3.84. The van der Waals surface area contributed by atoms with E-state index in [-0.39, 0.29) is 5.41 Å². The van der Waals surface area contributed by atoms with Crippen LogP contribution in [0.25, 0.3) is 38.8 Å². The van der Waals surface area contributed by atoms with Crippen molar-refractivity contribution in [3.63, 3.8) is 0 Å². The van der Waals surface area contributed by atoms with Gasteiger partial charge in [0.25, 0.3) is 0 Å². The van der Waals surface area contributed by atoms with Crippen molar-refractivity contribution < 1.29 is 0 Å². The lowest BCUT2D eigenvalue weighted by Crippen LogP contribution is -2.20. The number of pyridine rings is 2. The molecule has 6 aromatic rings. The first-order chi connectivity index (χ1) is 17.4. The lowest BCUT2D eigenvalue weighted by atomic mass is 9.80. The van der Waals surface area contributed by atoms with Gasteiger partial charge in [-0.15, -0.1) is 0 Å². The minimum absolute atomic E-state index is 0.200. The predicted molar refractivity (Wildman–Crippen MR) is 150 cm³/mol. The summed E-state index contributed by atoms with van der Waals surface area (Å²) in [5.74, 6) is 0.943. The maximum Gasteiger partial charge on any atom is 0.137 e. The van der Waals surface area contributed by atoms with Gasteiger partial charge in [0.05, 0.1) is 16.7 Å². The summed E-state index contributed by atoms with van der Waals surface area (Å²) in [6.45, 7) is 8.68. The molecule has 0 atom stereocenters. The van der Waals surface area contributed by atoms with E-state index in [1.807, 2.05) is 18.5 Å². The highest BCUT2D eigenvalue weighted by Crippen LogP contribution is 2.36. The Hall–Kier alpha value is -4.24. The molecular weight excluding hydrogens is 438 g/mol. The first kappa shape index (κ1) is 22.2. The summed E-state index contributed by atoms with van der Waals surface area (Å²) in [6, 6.07) is 32.7. The van der Waals surface area contributed by atoms with Crippen molar-refractivity contribution in [1.29, 1.82) is 0 Å². The van der Waals surface area contributed by atoms with Crippen LogP contribution in [0.5, 0.6) is 0 Å². The molecule has 3 nitrogen and oxygen atoms in total. The highest BCUT2D eigenvalue weighted by Gasteiger charge is 2.25. The van der Waals surface area contributed by atoms with Crippen LogP contribution < -0.4 is 0 Å². The van der Waals surface area contributed by atoms with Crippen molar-refractivity contribution in [3.05, 3.63) is 126 Å². The standard InChI is InChI=1S/C33H29N3/c1-22-16-17-34-32(18-22)36-29-11-6-5-10-27(29)28-14-13-25(20-30(28)36)24-8-7-9-26(19-24)33(3,4)31-15-12-23(2)21-35-31/h5-21H,1-4H3. The summed E-state index contributed by atoms with van der Waals surface area (Å²) in [7, 11) is 0. The number of benzene rings is 3. The molecule has 36 heavy (non-hydrogen) atoms. The van der Waals surface area contributed by atoms with E-state index < -0.39 is 0 Å². The van der Waals surface area contributed by atoms with Gasteiger partial charge >= 0.3 is 0 Å². The lowest BCUT2D eigenvalue weighted by molar-refractivity contribution is 0.616. The Morgan fingerprint density at radius 1 is 0.639 bits per heavy atom. The monoisotopic (exact) mass is 467 g/mol. The Labute approximate surface area is 212 Å². The Balaban J connectivity index is 1.52. The maximum absolute atomic E-state index is 4.74. The summed E-state index contributed by atoms with van der Waals surface area (Å²) in [5.41, 5.74) is 9.21. The van der Waals surface area contributed by atoms with E-state index in [1.165, 1.54) is 44.1 Å². The molecule has 0 fully saturated rings. The third-order valence-electron chi connectivity index (χ3n) is 7.27. The molecular formula is C33H29N3. The lowest BCUT2D eigenvalue weighted by Gasteiger charge is -2.25. The van der Waals surface area contributed by atoms with Gasteiger partial charge in [0, 0.05) is 28.6 Å². The Kier molecular flexibility index (Phi) is 5.22. The molecule has 3 aromatic carbocycles. The Morgan fingerprint density at radius 2 is 1.44 bits per heavy atom. The molecule has 0 unspecified atom stereocenters. The zero-order valence-corrected chi connectivity index (χ0v) is 21.2. The maximum atomic E-state index is 4.74. The fourth-order valence-corrected chi connectivity index (χ4v) is 5.11. The molecule has 0 aliphatic heterocycles. The van der Waals surface area contributed by atoms with E-state index in [4.69, 9.17) is 9.97 Å². The van der Waals surface area contributed by atoms with Crippen LogP contribution >= 0.6 is 0 Å². The molecule has 0 radical (unpaired) electrons. The fraction of sp³-hybridized carbons (Fsp3) is 0.152. The fourth-order valence-electron chi connectivity index (χ4n) is 5.11. The molecule has 0 spiro atoms. The second-order valence-electron chi connectivity index (χ2n) is 10.2. The molecule has 0 bridgehead atoms. The van der Waals surface area contributed by atoms with Gasteiger partial charge in [-0.1, -0.05) is 74.5 Å². The highest BCUT2D eigenvalue weighted by molar-refractivity contribution is 6.10. The van der Waals surface area contributed by atoms with Gasteiger partial charge in [0.2, 0.25) is 0 Å². The number of fused-ring (bicyclic) bond motifs is 3. The number of para-hydroxylation sites is 1. The third kappa shape index (κ3) is 3.68. The minimum atomic E-state index is -0.200. The normalized spacial score (nSPS) is 11.9. The first-order valence-corrected chi connectivity index (χ1v) is 12.4. The summed E-state index contributed by atoms with van der Waals surface area (Å²) in [4.78, 5) is 9.46. The third-order valence-corrected chi connectivity index (χ3v) is 7.27. The van der Waals surface area contributed by atoms with E-state index >= 15 is 0 Å². The van der Waals surface area contributed by atoms with Crippen molar-refractivity contribution in [2.24, 2.45) is 0 Å². The second-order valence-corrected chi connectivity index (χ2v) is 10.2. The predicted octanol–water partition coefficient (Wildman–Crippen LogP) is 8.18. The minimum Gasteiger partial charge on any atom is -0.294 e. The summed E-state index contributed by atoms with van der Waals surface area (Å²) in [5, 5.41) is 2.47. The molecule has 0 saturated carbocycles. The Bertz CT molecular complexity index is 1720. The van der Waals surface area contributed by atoms with Crippen molar-refractivity contribution in [1.82, 2.24) is 14.5 Å². The van der Waals surface area contributed by atoms with Crippen LogP contribution in [0.2, 0.25) is 0 Å². The van der Waals surface area contributed by atoms with Crippen LogP contribution in [0.4, 0.5) is 0 Å². The summed E-state index contributed by atoms with van der Waals surface area (Å²) < 4.78 is 2.28. The van der Waals surface area contributed by atoms with Gasteiger partial charge < -0.3 is 0 Å². The number of nitrogens with zero attached hydrogens (tertiary/aromatic N) is 3. The van der Waals surface area contributed by atoms with E-state index in [2.05, 4.69) is 117 Å². The zero-order chi connectivity index (χ0) is 24.9. The van der Waals surface area contributed by atoms with Gasteiger partial charge in [-0.3, -0.25) is 9.55 Å². The van der Waals surface area contributed by atoms with Crippen molar-refractivity contribution >= 4 is 21.8 Å². The molecule has 0 saturated heterocycles. The molecule has 176 valence electrons. The molecule has 3 aromatic heterocycles.